The highest BCUT2D eigenvalue weighted by molar-refractivity contribution is 6.31. The number of carbonyl (C=O) groups is 1. The minimum Gasteiger partial charge on any atom is -0.345 e. The summed E-state index contributed by atoms with van der Waals surface area (Å²) in [5.41, 5.74) is 3.08. The van der Waals surface area contributed by atoms with Gasteiger partial charge < -0.3 is 4.98 Å². The van der Waals surface area contributed by atoms with E-state index in [1.807, 2.05) is 5.43 Å². The maximum absolute atomic E-state index is 11.3. The van der Waals surface area contributed by atoms with Crippen molar-refractivity contribution in [1.82, 2.24) is 15.4 Å². The molecule has 0 fully saturated rings. The summed E-state index contributed by atoms with van der Waals surface area (Å²) >= 11 is 5.76. The van der Waals surface area contributed by atoms with Crippen LogP contribution in [0.2, 0.25) is 5.02 Å². The number of nitrogens with two attached hydrogens (primary N) is 1. The lowest BCUT2D eigenvalue weighted by molar-refractivity contribution is 0.0955. The van der Waals surface area contributed by atoms with Gasteiger partial charge in [0.25, 0.3) is 5.91 Å². The Labute approximate surface area is 84.2 Å². The number of carbonyl (C=O) groups excluding carboxylic acids is 1. The Bertz CT molecular complexity index is 493. The van der Waals surface area contributed by atoms with E-state index in [0.29, 0.717) is 21.6 Å². The van der Waals surface area contributed by atoms with Crippen molar-refractivity contribution in [3.05, 3.63) is 29.0 Å². The molecule has 2 heterocycles. The molecule has 0 aliphatic rings. The second-order valence-electron chi connectivity index (χ2n) is 2.73. The molecule has 72 valence electrons. The van der Waals surface area contributed by atoms with E-state index in [2.05, 4.69) is 9.97 Å². The number of amides is 1. The van der Waals surface area contributed by atoms with Gasteiger partial charge in [0.05, 0.1) is 10.6 Å². The molecule has 0 bridgehead atoms. The number of fused-ring (bicyclic) bond motifs is 1. The van der Waals surface area contributed by atoms with Gasteiger partial charge >= 0.3 is 0 Å². The SMILES string of the molecule is NNC(=O)c1c[nH]c2ncc(Cl)cc12. The number of halogens is 1. The summed E-state index contributed by atoms with van der Waals surface area (Å²) in [6, 6.07) is 1.66. The number of nitrogens with zero attached hydrogens (tertiary/aromatic N) is 1. The van der Waals surface area contributed by atoms with Gasteiger partial charge in [-0.15, -0.1) is 0 Å². The van der Waals surface area contributed by atoms with E-state index >= 15 is 0 Å². The van der Waals surface area contributed by atoms with E-state index < -0.39 is 0 Å². The average Bonchev–Trinajstić information content (AvgIpc) is 2.59. The summed E-state index contributed by atoms with van der Waals surface area (Å²) in [4.78, 5) is 18.1. The summed E-state index contributed by atoms with van der Waals surface area (Å²) < 4.78 is 0. The predicted octanol–water partition coefficient (Wildman–Crippen LogP) is 0.820. The van der Waals surface area contributed by atoms with Crippen LogP contribution in [0.4, 0.5) is 0 Å². The van der Waals surface area contributed by atoms with Crippen molar-refractivity contribution in [2.24, 2.45) is 5.84 Å². The number of aromatic nitrogens is 2. The maximum atomic E-state index is 11.3. The Hall–Kier alpha value is -1.59. The lowest BCUT2D eigenvalue weighted by atomic mass is 10.2. The molecular weight excluding hydrogens is 204 g/mol. The van der Waals surface area contributed by atoms with Crippen LogP contribution in [-0.4, -0.2) is 15.9 Å². The van der Waals surface area contributed by atoms with Gasteiger partial charge in [0.1, 0.15) is 5.65 Å². The zero-order chi connectivity index (χ0) is 10.1. The summed E-state index contributed by atoms with van der Waals surface area (Å²) in [5.74, 6) is 4.65. The number of hydrogen-bond donors (Lipinski definition) is 3. The highest BCUT2D eigenvalue weighted by Crippen LogP contribution is 2.19. The maximum Gasteiger partial charge on any atom is 0.267 e. The smallest absolute Gasteiger partial charge is 0.267 e. The first-order valence-electron chi connectivity index (χ1n) is 3.86. The minimum absolute atomic E-state index is 0.375. The second kappa shape index (κ2) is 3.28. The molecular formula is C8H7ClN4O. The van der Waals surface area contributed by atoms with E-state index in [0.717, 1.165) is 0 Å². The predicted molar refractivity (Wildman–Crippen MR) is 52.8 cm³/mol. The number of nitrogen functional groups attached to an aromatic ring is 1. The lowest BCUT2D eigenvalue weighted by Crippen LogP contribution is -2.29. The van der Waals surface area contributed by atoms with Crippen LogP contribution in [0.5, 0.6) is 0 Å². The minimum atomic E-state index is -0.375. The van der Waals surface area contributed by atoms with Gasteiger partial charge in [0.15, 0.2) is 0 Å². The Morgan fingerprint density at radius 2 is 2.43 bits per heavy atom. The van der Waals surface area contributed by atoms with E-state index in [1.165, 1.54) is 12.4 Å². The third kappa shape index (κ3) is 1.32. The molecule has 0 atom stereocenters. The van der Waals surface area contributed by atoms with Crippen LogP contribution in [-0.2, 0) is 0 Å². The number of rotatable bonds is 1. The van der Waals surface area contributed by atoms with Gasteiger partial charge in [-0.3, -0.25) is 10.2 Å². The highest BCUT2D eigenvalue weighted by atomic mass is 35.5. The average molecular weight is 211 g/mol. The fourth-order valence-corrected chi connectivity index (χ4v) is 1.40. The molecule has 2 aromatic heterocycles. The molecule has 0 saturated carbocycles. The number of H-pyrrole nitrogens is 1. The van der Waals surface area contributed by atoms with Gasteiger partial charge in [-0.2, -0.15) is 0 Å². The van der Waals surface area contributed by atoms with Crippen LogP contribution in [0, 0.1) is 0 Å². The van der Waals surface area contributed by atoms with Crippen LogP contribution in [0.15, 0.2) is 18.5 Å². The standard InChI is InChI=1S/C8H7ClN4O/c9-4-1-5-6(8(14)13-10)3-12-7(5)11-2-4/h1-3H,10H2,(H,11,12)(H,13,14). The van der Waals surface area contributed by atoms with Crippen molar-refractivity contribution in [3.8, 4) is 0 Å². The van der Waals surface area contributed by atoms with Crippen molar-refractivity contribution < 1.29 is 4.79 Å². The summed E-state index contributed by atoms with van der Waals surface area (Å²) in [5, 5.41) is 1.13. The molecule has 2 rings (SSSR count). The van der Waals surface area contributed by atoms with E-state index in [-0.39, 0.29) is 5.91 Å². The van der Waals surface area contributed by atoms with Gasteiger partial charge in [0, 0.05) is 17.8 Å². The Morgan fingerprint density at radius 1 is 1.64 bits per heavy atom. The van der Waals surface area contributed by atoms with E-state index in [9.17, 15) is 4.79 Å². The molecule has 14 heavy (non-hydrogen) atoms. The number of hydrazine groups is 1. The number of aromatic amines is 1. The molecule has 0 aromatic carbocycles. The molecule has 6 heteroatoms. The molecule has 0 unspecified atom stereocenters. The summed E-state index contributed by atoms with van der Waals surface area (Å²) in [6.45, 7) is 0. The molecule has 0 spiro atoms. The molecule has 0 radical (unpaired) electrons. The van der Waals surface area contributed by atoms with E-state index in [4.69, 9.17) is 17.4 Å². The first kappa shape index (κ1) is 8.98. The fraction of sp³-hybridized carbons (Fsp3) is 0. The Morgan fingerprint density at radius 3 is 3.14 bits per heavy atom. The summed E-state index contributed by atoms with van der Waals surface area (Å²) in [7, 11) is 0. The zero-order valence-corrected chi connectivity index (χ0v) is 7.80. The van der Waals surface area contributed by atoms with Crippen molar-refractivity contribution in [2.75, 3.05) is 0 Å². The van der Waals surface area contributed by atoms with Crippen molar-refractivity contribution in [3.63, 3.8) is 0 Å². The number of nitrogens with one attached hydrogen (secondary N) is 2. The normalized spacial score (nSPS) is 10.4. The first-order chi connectivity index (χ1) is 6.72. The van der Waals surface area contributed by atoms with Crippen LogP contribution < -0.4 is 11.3 Å². The third-order valence-electron chi connectivity index (χ3n) is 1.87. The largest absolute Gasteiger partial charge is 0.345 e. The summed E-state index contributed by atoms with van der Waals surface area (Å²) in [6.07, 6.45) is 3.04. The fourth-order valence-electron chi connectivity index (χ4n) is 1.24. The van der Waals surface area contributed by atoms with Crippen molar-refractivity contribution >= 4 is 28.5 Å². The highest BCUT2D eigenvalue weighted by Gasteiger charge is 2.11. The van der Waals surface area contributed by atoms with Gasteiger partial charge in [-0.05, 0) is 6.07 Å². The Kier molecular flexibility index (Phi) is 2.11. The first-order valence-corrected chi connectivity index (χ1v) is 4.23. The van der Waals surface area contributed by atoms with Crippen molar-refractivity contribution in [2.45, 2.75) is 0 Å². The molecule has 0 aliphatic heterocycles. The number of pyridine rings is 1. The molecule has 4 N–H and O–H groups in total. The van der Waals surface area contributed by atoms with Crippen molar-refractivity contribution in [1.29, 1.82) is 0 Å². The topological polar surface area (TPSA) is 83.8 Å². The van der Waals surface area contributed by atoms with E-state index in [1.54, 1.807) is 6.07 Å². The van der Waals surface area contributed by atoms with Crippen LogP contribution in [0.25, 0.3) is 11.0 Å². The van der Waals surface area contributed by atoms with Gasteiger partial charge in [-0.1, -0.05) is 11.6 Å². The Balaban J connectivity index is 2.67. The van der Waals surface area contributed by atoms with Crippen LogP contribution >= 0.6 is 11.6 Å². The van der Waals surface area contributed by atoms with Crippen LogP contribution in [0.3, 0.4) is 0 Å². The quantitative estimate of drug-likeness (QED) is 0.370. The zero-order valence-electron chi connectivity index (χ0n) is 7.04. The lowest BCUT2D eigenvalue weighted by Gasteiger charge is -1.96. The molecule has 2 aromatic rings. The monoisotopic (exact) mass is 210 g/mol. The van der Waals surface area contributed by atoms with Gasteiger partial charge in [-0.25, -0.2) is 10.8 Å². The van der Waals surface area contributed by atoms with Gasteiger partial charge in [0.2, 0.25) is 0 Å². The number of hydrogen-bond acceptors (Lipinski definition) is 3. The van der Waals surface area contributed by atoms with Crippen LogP contribution in [0.1, 0.15) is 10.4 Å². The second-order valence-corrected chi connectivity index (χ2v) is 3.16. The molecule has 0 saturated heterocycles. The molecule has 0 aliphatic carbocycles. The molecule has 5 nitrogen and oxygen atoms in total. The molecule has 1 amide bonds. The third-order valence-corrected chi connectivity index (χ3v) is 2.08.